The molecule has 1 aromatic carbocycles. The number of ether oxygens (including phenoxy) is 2. The lowest BCUT2D eigenvalue weighted by Gasteiger charge is -2.21. The van der Waals surface area contributed by atoms with Gasteiger partial charge in [0.15, 0.2) is 6.61 Å². The fourth-order valence-electron chi connectivity index (χ4n) is 2.24. The Morgan fingerprint density at radius 3 is 2.76 bits per heavy atom. The van der Waals surface area contributed by atoms with Crippen LogP contribution in [0.1, 0.15) is 6.42 Å². The van der Waals surface area contributed by atoms with Gasteiger partial charge in [0.2, 0.25) is 0 Å². The van der Waals surface area contributed by atoms with Gasteiger partial charge < -0.3 is 24.6 Å². The maximum Gasteiger partial charge on any atom is 0.326 e. The molecule has 7 nitrogen and oxygen atoms in total. The topological polar surface area (TPSA) is 96.3 Å². The van der Waals surface area contributed by atoms with Crippen molar-refractivity contribution < 1.29 is 29.3 Å². The highest BCUT2D eigenvalue weighted by molar-refractivity contribution is 5.85. The number of carbonyl (C=O) groups excluding carboxylic acids is 1. The number of methoxy groups -OCH3 is 1. The number of nitrogens with zero attached hydrogens (tertiary/aromatic N) is 1. The molecule has 1 amide bonds. The van der Waals surface area contributed by atoms with Crippen molar-refractivity contribution in [1.29, 1.82) is 0 Å². The van der Waals surface area contributed by atoms with Crippen molar-refractivity contribution in [2.24, 2.45) is 0 Å². The molecule has 2 rings (SSSR count). The van der Waals surface area contributed by atoms with Gasteiger partial charge in [-0.3, -0.25) is 4.79 Å². The number of benzene rings is 1. The van der Waals surface area contributed by atoms with Crippen LogP contribution in [0.25, 0.3) is 0 Å². The lowest BCUT2D eigenvalue weighted by Crippen LogP contribution is -2.42. The van der Waals surface area contributed by atoms with Crippen LogP contribution in [0.4, 0.5) is 0 Å². The zero-order chi connectivity index (χ0) is 15.4. The zero-order valence-electron chi connectivity index (χ0n) is 11.6. The number of carboxylic acids is 1. The molecular weight excluding hydrogens is 278 g/mol. The van der Waals surface area contributed by atoms with Crippen LogP contribution >= 0.6 is 0 Å². The van der Waals surface area contributed by atoms with Gasteiger partial charge >= 0.3 is 5.97 Å². The molecule has 0 bridgehead atoms. The summed E-state index contributed by atoms with van der Waals surface area (Å²) in [5.41, 5.74) is 0. The first kappa shape index (κ1) is 15.1. The monoisotopic (exact) mass is 295 g/mol. The normalized spacial score (nSPS) is 21.1. The highest BCUT2D eigenvalue weighted by atomic mass is 16.5. The third-order valence-electron chi connectivity index (χ3n) is 3.29. The molecule has 1 fully saturated rings. The summed E-state index contributed by atoms with van der Waals surface area (Å²) in [5.74, 6) is -0.544. The van der Waals surface area contributed by atoms with Crippen molar-refractivity contribution in [1.82, 2.24) is 4.90 Å². The van der Waals surface area contributed by atoms with E-state index in [1.807, 2.05) is 0 Å². The number of carboxylic acid groups (broad SMARTS) is 1. The minimum absolute atomic E-state index is 0.0112. The molecule has 0 aliphatic carbocycles. The van der Waals surface area contributed by atoms with Crippen LogP contribution in [0.15, 0.2) is 24.3 Å². The molecule has 0 unspecified atom stereocenters. The summed E-state index contributed by atoms with van der Waals surface area (Å²) < 4.78 is 10.4. The smallest absolute Gasteiger partial charge is 0.326 e. The summed E-state index contributed by atoms with van der Waals surface area (Å²) in [6.45, 7) is -0.277. The molecule has 0 aromatic heterocycles. The standard InChI is InChI=1S/C14H17NO6/c1-20-10-3-2-4-11(6-10)21-8-13(17)15-7-9(16)5-12(15)14(18)19/h2-4,6,9,12,16H,5,7-8H2,1H3,(H,18,19)/t9-,12+/m1/s1. The van der Waals surface area contributed by atoms with Crippen molar-refractivity contribution in [3.63, 3.8) is 0 Å². The Bertz CT molecular complexity index is 532. The molecule has 1 aromatic rings. The van der Waals surface area contributed by atoms with E-state index in [0.29, 0.717) is 11.5 Å². The summed E-state index contributed by atoms with van der Waals surface area (Å²) in [7, 11) is 1.52. The Labute approximate surface area is 121 Å². The Morgan fingerprint density at radius 1 is 1.38 bits per heavy atom. The van der Waals surface area contributed by atoms with Crippen molar-refractivity contribution in [3.05, 3.63) is 24.3 Å². The second-order valence-electron chi connectivity index (χ2n) is 4.76. The van der Waals surface area contributed by atoms with Crippen molar-refractivity contribution in [3.8, 4) is 11.5 Å². The van der Waals surface area contributed by atoms with E-state index in [-0.39, 0.29) is 19.6 Å². The number of carbonyl (C=O) groups is 2. The third kappa shape index (κ3) is 3.63. The van der Waals surface area contributed by atoms with Gasteiger partial charge in [-0.15, -0.1) is 0 Å². The summed E-state index contributed by atoms with van der Waals surface area (Å²) in [4.78, 5) is 24.2. The van der Waals surface area contributed by atoms with Crippen molar-refractivity contribution in [2.75, 3.05) is 20.3 Å². The fourth-order valence-corrected chi connectivity index (χ4v) is 2.24. The summed E-state index contributed by atoms with van der Waals surface area (Å²) in [6.07, 6.45) is -0.771. The number of likely N-dealkylation sites (tertiary alicyclic amines) is 1. The lowest BCUT2D eigenvalue weighted by molar-refractivity contribution is -0.148. The second kappa shape index (κ2) is 6.45. The Kier molecular flexibility index (Phi) is 4.64. The number of aliphatic carboxylic acids is 1. The minimum atomic E-state index is -1.12. The number of aliphatic hydroxyl groups is 1. The molecule has 1 heterocycles. The molecule has 21 heavy (non-hydrogen) atoms. The zero-order valence-corrected chi connectivity index (χ0v) is 11.6. The van der Waals surface area contributed by atoms with E-state index in [2.05, 4.69) is 0 Å². The van der Waals surface area contributed by atoms with E-state index in [1.165, 1.54) is 7.11 Å². The van der Waals surface area contributed by atoms with E-state index in [9.17, 15) is 14.7 Å². The van der Waals surface area contributed by atoms with Crippen LogP contribution < -0.4 is 9.47 Å². The summed E-state index contributed by atoms with van der Waals surface area (Å²) in [6, 6.07) is 5.76. The number of β-amino-alcohol motifs (C(OH)–C–C–N with tert-alkyl or cyclic N) is 1. The molecule has 0 radical (unpaired) electrons. The largest absolute Gasteiger partial charge is 0.497 e. The predicted molar refractivity (Wildman–Crippen MR) is 72.2 cm³/mol. The number of hydrogen-bond acceptors (Lipinski definition) is 5. The maximum atomic E-state index is 12.0. The molecule has 7 heteroatoms. The quantitative estimate of drug-likeness (QED) is 0.801. The van der Waals surface area contributed by atoms with Crippen LogP contribution in [0, 0.1) is 0 Å². The minimum Gasteiger partial charge on any atom is -0.497 e. The highest BCUT2D eigenvalue weighted by Gasteiger charge is 2.38. The van der Waals surface area contributed by atoms with E-state index >= 15 is 0 Å². The third-order valence-corrected chi connectivity index (χ3v) is 3.29. The Morgan fingerprint density at radius 2 is 2.10 bits per heavy atom. The first-order valence-electron chi connectivity index (χ1n) is 6.48. The highest BCUT2D eigenvalue weighted by Crippen LogP contribution is 2.21. The van der Waals surface area contributed by atoms with Gasteiger partial charge in [0.1, 0.15) is 17.5 Å². The maximum absolute atomic E-state index is 12.0. The van der Waals surface area contributed by atoms with Crippen molar-refractivity contribution >= 4 is 11.9 Å². The van der Waals surface area contributed by atoms with Crippen molar-refractivity contribution in [2.45, 2.75) is 18.6 Å². The molecule has 2 N–H and O–H groups in total. The van der Waals surface area contributed by atoms with Gasteiger partial charge in [-0.25, -0.2) is 4.79 Å². The summed E-state index contributed by atoms with van der Waals surface area (Å²) in [5, 5.41) is 18.5. The first-order chi connectivity index (χ1) is 10.0. The number of amides is 1. The molecule has 2 atom stereocenters. The molecule has 1 aliphatic rings. The average Bonchev–Trinajstić information content (AvgIpc) is 2.87. The van der Waals surface area contributed by atoms with Gasteiger partial charge in [-0.1, -0.05) is 6.07 Å². The lowest BCUT2D eigenvalue weighted by atomic mass is 10.2. The van der Waals surface area contributed by atoms with E-state index in [4.69, 9.17) is 14.6 Å². The predicted octanol–water partition coefficient (Wildman–Crippen LogP) is 0.120. The van der Waals surface area contributed by atoms with Gasteiger partial charge in [-0.05, 0) is 12.1 Å². The van der Waals surface area contributed by atoms with Crippen LogP contribution in [0.5, 0.6) is 11.5 Å². The van der Waals surface area contributed by atoms with Crippen LogP contribution in [-0.4, -0.2) is 59.4 Å². The molecular formula is C14H17NO6. The van der Waals surface area contributed by atoms with Gasteiger partial charge in [0, 0.05) is 19.0 Å². The molecule has 1 saturated heterocycles. The number of hydrogen-bond donors (Lipinski definition) is 2. The van der Waals surface area contributed by atoms with Crippen LogP contribution in [0.3, 0.4) is 0 Å². The molecule has 0 spiro atoms. The summed E-state index contributed by atoms with van der Waals surface area (Å²) >= 11 is 0. The van der Waals surface area contributed by atoms with E-state index in [0.717, 1.165) is 4.90 Å². The van der Waals surface area contributed by atoms with Gasteiger partial charge in [-0.2, -0.15) is 0 Å². The first-order valence-corrected chi connectivity index (χ1v) is 6.48. The molecule has 1 aliphatic heterocycles. The number of rotatable bonds is 5. The molecule has 0 saturated carbocycles. The Hall–Kier alpha value is -2.28. The van der Waals surface area contributed by atoms with Gasteiger partial charge in [0.25, 0.3) is 5.91 Å². The molecule has 114 valence electrons. The number of aliphatic hydroxyl groups excluding tert-OH is 1. The fraction of sp³-hybridized carbons (Fsp3) is 0.429. The van der Waals surface area contributed by atoms with E-state index in [1.54, 1.807) is 24.3 Å². The van der Waals surface area contributed by atoms with E-state index < -0.39 is 24.0 Å². The van der Waals surface area contributed by atoms with Crippen LogP contribution in [-0.2, 0) is 9.59 Å². The average molecular weight is 295 g/mol. The van der Waals surface area contributed by atoms with Crippen LogP contribution in [0.2, 0.25) is 0 Å². The SMILES string of the molecule is COc1cccc(OCC(=O)N2C[C@H](O)C[C@H]2C(=O)O)c1. The van der Waals surface area contributed by atoms with Gasteiger partial charge in [0.05, 0.1) is 13.2 Å². The Balaban J connectivity index is 1.96. The second-order valence-corrected chi connectivity index (χ2v) is 4.76.